The van der Waals surface area contributed by atoms with Gasteiger partial charge in [0.2, 0.25) is 0 Å². The molecular formula is C10H17S+. The molecule has 1 rings (SSSR count). The fraction of sp³-hybridized carbons (Fsp3) is 0.400. The smallest absolute Gasteiger partial charge is 0.0683 e. The summed E-state index contributed by atoms with van der Waals surface area (Å²) >= 11 is 0. The van der Waals surface area contributed by atoms with E-state index in [4.69, 9.17) is 0 Å². The van der Waals surface area contributed by atoms with Gasteiger partial charge in [0.15, 0.2) is 4.90 Å². The molecule has 0 unspecified atom stereocenters. The fourth-order valence-corrected chi connectivity index (χ4v) is 1.39. The van der Waals surface area contributed by atoms with Crippen molar-refractivity contribution in [2.45, 2.75) is 18.7 Å². The average molecular weight is 169 g/mol. The van der Waals surface area contributed by atoms with Gasteiger partial charge in [0.05, 0.1) is 0 Å². The van der Waals surface area contributed by atoms with Crippen molar-refractivity contribution in [2.75, 3.05) is 12.5 Å². The van der Waals surface area contributed by atoms with E-state index >= 15 is 0 Å². The van der Waals surface area contributed by atoms with E-state index in [-0.39, 0.29) is 0 Å². The monoisotopic (exact) mass is 169 g/mol. The summed E-state index contributed by atoms with van der Waals surface area (Å²) in [5.41, 5.74) is 0. The molecule has 0 aliphatic carbocycles. The summed E-state index contributed by atoms with van der Waals surface area (Å²) in [7, 11) is 0.421. The molecule has 0 saturated heterocycles. The second kappa shape index (κ2) is 6.29. The maximum Gasteiger partial charge on any atom is 0.154 e. The largest absolute Gasteiger partial charge is 0.154 e. The zero-order chi connectivity index (χ0) is 8.69. The maximum absolute atomic E-state index is 2.23. The topological polar surface area (TPSA) is 0 Å². The predicted molar refractivity (Wildman–Crippen MR) is 55.3 cm³/mol. The minimum atomic E-state index is 0.421. The lowest BCUT2D eigenvalue weighted by molar-refractivity contribution is 1.45. The van der Waals surface area contributed by atoms with E-state index < -0.39 is 0 Å². The molecule has 0 nitrogen and oxygen atoms in total. The van der Waals surface area contributed by atoms with Crippen LogP contribution < -0.4 is 0 Å². The van der Waals surface area contributed by atoms with Crippen molar-refractivity contribution >= 4 is 10.9 Å². The standard InChI is InChI=1S/C8H11S.C2H6/c1-9(2)8-6-4-3-5-7-8;1-2/h3-7H,1-2H3;1-2H3/q+1;. The van der Waals surface area contributed by atoms with Gasteiger partial charge in [-0.1, -0.05) is 32.0 Å². The molecule has 0 radical (unpaired) electrons. The van der Waals surface area contributed by atoms with E-state index in [0.29, 0.717) is 10.9 Å². The molecule has 0 N–H and O–H groups in total. The molecule has 0 amide bonds. The second-order valence-corrected chi connectivity index (χ2v) is 4.23. The molecule has 0 fully saturated rings. The Morgan fingerprint density at radius 3 is 1.64 bits per heavy atom. The average Bonchev–Trinajstić information content (AvgIpc) is 2.10. The highest BCUT2D eigenvalue weighted by Gasteiger charge is 2.03. The summed E-state index contributed by atoms with van der Waals surface area (Å²) in [6, 6.07) is 10.6. The van der Waals surface area contributed by atoms with Crippen molar-refractivity contribution in [2.24, 2.45) is 0 Å². The first-order valence-electron chi connectivity index (χ1n) is 3.93. The highest BCUT2D eigenvalue weighted by atomic mass is 32.2. The Balaban J connectivity index is 0.000000461. The van der Waals surface area contributed by atoms with Crippen LogP contribution in [0.3, 0.4) is 0 Å². The summed E-state index contributed by atoms with van der Waals surface area (Å²) in [6.07, 6.45) is 4.46. The second-order valence-electron chi connectivity index (χ2n) is 2.13. The molecule has 11 heavy (non-hydrogen) atoms. The third-order valence-corrected chi connectivity index (χ3v) is 2.43. The minimum Gasteiger partial charge on any atom is -0.0683 e. The highest BCUT2D eigenvalue weighted by Crippen LogP contribution is 2.05. The van der Waals surface area contributed by atoms with Crippen LogP contribution in [0, 0.1) is 0 Å². The summed E-state index contributed by atoms with van der Waals surface area (Å²) < 4.78 is 0. The third kappa shape index (κ3) is 4.10. The van der Waals surface area contributed by atoms with Gasteiger partial charge >= 0.3 is 0 Å². The van der Waals surface area contributed by atoms with Gasteiger partial charge < -0.3 is 0 Å². The zero-order valence-electron chi connectivity index (χ0n) is 7.79. The molecule has 0 atom stereocenters. The molecule has 0 aliphatic rings. The summed E-state index contributed by atoms with van der Waals surface area (Å²) in [4.78, 5) is 1.44. The van der Waals surface area contributed by atoms with Crippen molar-refractivity contribution in [3.8, 4) is 0 Å². The van der Waals surface area contributed by atoms with Crippen LogP contribution >= 0.6 is 0 Å². The minimum absolute atomic E-state index is 0.421. The Hall–Kier alpha value is -0.430. The molecule has 0 aromatic heterocycles. The van der Waals surface area contributed by atoms with Crippen LogP contribution in [0.2, 0.25) is 0 Å². The predicted octanol–water partition coefficient (Wildman–Crippen LogP) is 2.95. The van der Waals surface area contributed by atoms with Gasteiger partial charge in [0.1, 0.15) is 12.5 Å². The van der Waals surface area contributed by atoms with Crippen LogP contribution in [0.5, 0.6) is 0 Å². The Labute approximate surface area is 73.0 Å². The van der Waals surface area contributed by atoms with Gasteiger partial charge in [-0.05, 0) is 12.1 Å². The molecular weight excluding hydrogens is 152 g/mol. The van der Waals surface area contributed by atoms with Crippen molar-refractivity contribution in [3.63, 3.8) is 0 Å². The lowest BCUT2D eigenvalue weighted by atomic mass is 10.4. The van der Waals surface area contributed by atoms with E-state index in [0.717, 1.165) is 0 Å². The summed E-state index contributed by atoms with van der Waals surface area (Å²) in [6.45, 7) is 4.00. The van der Waals surface area contributed by atoms with Crippen LogP contribution in [0.1, 0.15) is 13.8 Å². The van der Waals surface area contributed by atoms with Crippen molar-refractivity contribution in [3.05, 3.63) is 30.3 Å². The zero-order valence-corrected chi connectivity index (χ0v) is 8.61. The van der Waals surface area contributed by atoms with E-state index in [1.165, 1.54) is 4.90 Å². The number of hydrogen-bond donors (Lipinski definition) is 0. The van der Waals surface area contributed by atoms with E-state index in [1.807, 2.05) is 13.8 Å². The summed E-state index contributed by atoms with van der Waals surface area (Å²) in [5, 5.41) is 0. The quantitative estimate of drug-likeness (QED) is 0.567. The normalized spacial score (nSPS) is 8.82. The SMILES string of the molecule is CC.C[S+](C)c1ccccc1. The number of benzene rings is 1. The third-order valence-electron chi connectivity index (χ3n) is 1.21. The van der Waals surface area contributed by atoms with E-state index in [9.17, 15) is 0 Å². The van der Waals surface area contributed by atoms with Gasteiger partial charge in [-0.25, -0.2) is 0 Å². The number of rotatable bonds is 1. The van der Waals surface area contributed by atoms with Gasteiger partial charge in [0.25, 0.3) is 0 Å². The van der Waals surface area contributed by atoms with Crippen molar-refractivity contribution in [1.82, 2.24) is 0 Å². The summed E-state index contributed by atoms with van der Waals surface area (Å²) in [5.74, 6) is 0. The van der Waals surface area contributed by atoms with Crippen molar-refractivity contribution in [1.29, 1.82) is 0 Å². The van der Waals surface area contributed by atoms with Crippen LogP contribution in [0.25, 0.3) is 0 Å². The Morgan fingerprint density at radius 1 is 0.909 bits per heavy atom. The van der Waals surface area contributed by atoms with Gasteiger partial charge in [-0.15, -0.1) is 0 Å². The van der Waals surface area contributed by atoms with Crippen LogP contribution in [0.4, 0.5) is 0 Å². The van der Waals surface area contributed by atoms with Crippen molar-refractivity contribution < 1.29 is 0 Å². The molecule has 0 aliphatic heterocycles. The molecule has 1 aromatic rings. The Morgan fingerprint density at radius 2 is 1.36 bits per heavy atom. The lowest BCUT2D eigenvalue weighted by Crippen LogP contribution is -1.93. The molecule has 1 heteroatoms. The number of hydrogen-bond acceptors (Lipinski definition) is 0. The van der Waals surface area contributed by atoms with E-state index in [2.05, 4.69) is 42.8 Å². The molecule has 0 bridgehead atoms. The molecule has 0 spiro atoms. The molecule has 1 aromatic carbocycles. The van der Waals surface area contributed by atoms with E-state index in [1.54, 1.807) is 0 Å². The van der Waals surface area contributed by atoms with Gasteiger partial charge in [0, 0.05) is 10.9 Å². The Bertz CT molecular complexity index is 167. The fourth-order valence-electron chi connectivity index (χ4n) is 0.693. The van der Waals surface area contributed by atoms with Gasteiger partial charge in [-0.3, -0.25) is 0 Å². The molecule has 62 valence electrons. The first-order valence-corrected chi connectivity index (χ1v) is 5.97. The van der Waals surface area contributed by atoms with Crippen LogP contribution in [-0.4, -0.2) is 12.5 Å². The van der Waals surface area contributed by atoms with Crippen LogP contribution in [-0.2, 0) is 10.9 Å². The lowest BCUT2D eigenvalue weighted by Gasteiger charge is -1.91. The van der Waals surface area contributed by atoms with Gasteiger partial charge in [-0.2, -0.15) is 0 Å². The maximum atomic E-state index is 2.23. The Kier molecular flexibility index (Phi) is 6.05. The molecule has 0 heterocycles. The molecule has 0 saturated carbocycles. The highest BCUT2D eigenvalue weighted by molar-refractivity contribution is 7.95. The first-order chi connectivity index (χ1) is 5.30. The first kappa shape index (κ1) is 10.6. The van der Waals surface area contributed by atoms with Crippen LogP contribution in [0.15, 0.2) is 35.2 Å².